The largest absolute Gasteiger partial charge is 0.295 e. The summed E-state index contributed by atoms with van der Waals surface area (Å²) in [7, 11) is 0. The van der Waals surface area contributed by atoms with Crippen LogP contribution in [0.1, 0.15) is 46.5 Å². The lowest BCUT2D eigenvalue weighted by Gasteiger charge is -2.00. The normalized spacial score (nSPS) is 11.7. The molecule has 1 nitrogen and oxygen atoms in total. The summed E-state index contributed by atoms with van der Waals surface area (Å²) in [5, 5.41) is 0. The number of allylic oxidation sites excluding steroid dienone is 2. The number of carbonyl (C=O) groups excluding carboxylic acids is 1. The molecule has 0 saturated heterocycles. The summed E-state index contributed by atoms with van der Waals surface area (Å²) >= 11 is 0. The number of hydrogen-bond acceptors (Lipinski definition) is 1. The highest BCUT2D eigenvalue weighted by Crippen LogP contribution is 2.07. The van der Waals surface area contributed by atoms with Crippen molar-refractivity contribution >= 4 is 5.78 Å². The molecule has 0 bridgehead atoms. The first-order valence-corrected chi connectivity index (χ1v) is 4.44. The van der Waals surface area contributed by atoms with Gasteiger partial charge in [0.15, 0.2) is 5.78 Å². The van der Waals surface area contributed by atoms with Crippen molar-refractivity contribution in [1.82, 2.24) is 0 Å². The van der Waals surface area contributed by atoms with Gasteiger partial charge in [-0.2, -0.15) is 0 Å². The lowest BCUT2D eigenvalue weighted by molar-refractivity contribution is -0.115. The first-order chi connectivity index (χ1) is 5.26. The van der Waals surface area contributed by atoms with E-state index in [-0.39, 0.29) is 0 Å². The van der Waals surface area contributed by atoms with Crippen molar-refractivity contribution in [3.8, 4) is 0 Å². The Bertz CT molecular complexity index is 145. The number of unbranched alkanes of at least 4 members (excludes halogenated alkanes) is 1. The molecule has 0 fully saturated rings. The number of carbonyl (C=O) groups is 1. The van der Waals surface area contributed by atoms with Gasteiger partial charge in [-0.1, -0.05) is 26.3 Å². The minimum Gasteiger partial charge on any atom is -0.295 e. The molecule has 0 atom stereocenters. The van der Waals surface area contributed by atoms with Crippen LogP contribution in [0.3, 0.4) is 0 Å². The van der Waals surface area contributed by atoms with Crippen LogP contribution >= 0.6 is 0 Å². The van der Waals surface area contributed by atoms with Gasteiger partial charge in [0.05, 0.1) is 0 Å². The van der Waals surface area contributed by atoms with E-state index in [0.717, 1.165) is 31.3 Å². The standard InChI is InChI=1S/C10H18O/c1-4-7-8-10(11)9(5-2)6-3/h5H,4,6-8H2,1-3H3. The summed E-state index contributed by atoms with van der Waals surface area (Å²) in [5.41, 5.74) is 0.985. The molecule has 0 aromatic rings. The van der Waals surface area contributed by atoms with Crippen molar-refractivity contribution in [2.24, 2.45) is 0 Å². The molecular weight excluding hydrogens is 136 g/mol. The van der Waals surface area contributed by atoms with Gasteiger partial charge in [0.2, 0.25) is 0 Å². The van der Waals surface area contributed by atoms with Crippen LogP contribution < -0.4 is 0 Å². The second-order valence-electron chi connectivity index (χ2n) is 2.69. The maximum absolute atomic E-state index is 11.3. The van der Waals surface area contributed by atoms with Crippen LogP contribution in [-0.4, -0.2) is 5.78 Å². The van der Waals surface area contributed by atoms with Gasteiger partial charge in [-0.3, -0.25) is 4.79 Å². The van der Waals surface area contributed by atoms with E-state index in [9.17, 15) is 4.79 Å². The van der Waals surface area contributed by atoms with Crippen LogP contribution in [0, 0.1) is 0 Å². The van der Waals surface area contributed by atoms with Gasteiger partial charge in [-0.15, -0.1) is 0 Å². The van der Waals surface area contributed by atoms with Crippen molar-refractivity contribution in [1.29, 1.82) is 0 Å². The summed E-state index contributed by atoms with van der Waals surface area (Å²) in [5.74, 6) is 0.330. The molecule has 0 aromatic carbocycles. The highest BCUT2D eigenvalue weighted by molar-refractivity contribution is 5.95. The molecule has 11 heavy (non-hydrogen) atoms. The van der Waals surface area contributed by atoms with Gasteiger partial charge in [0.1, 0.15) is 0 Å². The first-order valence-electron chi connectivity index (χ1n) is 4.44. The lowest BCUT2D eigenvalue weighted by Crippen LogP contribution is -2.00. The quantitative estimate of drug-likeness (QED) is 0.556. The van der Waals surface area contributed by atoms with E-state index in [4.69, 9.17) is 0 Å². The third-order valence-electron chi connectivity index (χ3n) is 1.84. The Labute approximate surface area is 69.5 Å². The van der Waals surface area contributed by atoms with Crippen LogP contribution in [0.4, 0.5) is 0 Å². The summed E-state index contributed by atoms with van der Waals surface area (Å²) in [6.07, 6.45) is 5.66. The van der Waals surface area contributed by atoms with E-state index >= 15 is 0 Å². The Morgan fingerprint density at radius 2 is 2.00 bits per heavy atom. The van der Waals surface area contributed by atoms with Gasteiger partial charge in [0, 0.05) is 6.42 Å². The molecule has 0 heterocycles. The van der Waals surface area contributed by atoms with Crippen molar-refractivity contribution < 1.29 is 4.79 Å². The third kappa shape index (κ3) is 3.97. The Morgan fingerprint density at radius 1 is 1.36 bits per heavy atom. The summed E-state index contributed by atoms with van der Waals surface area (Å²) < 4.78 is 0. The third-order valence-corrected chi connectivity index (χ3v) is 1.84. The van der Waals surface area contributed by atoms with Gasteiger partial charge in [-0.25, -0.2) is 0 Å². The highest BCUT2D eigenvalue weighted by Gasteiger charge is 2.04. The van der Waals surface area contributed by atoms with E-state index in [2.05, 4.69) is 6.92 Å². The fourth-order valence-electron chi connectivity index (χ4n) is 1.06. The minimum absolute atomic E-state index is 0.330. The smallest absolute Gasteiger partial charge is 0.158 e. The molecule has 0 rings (SSSR count). The first kappa shape index (κ1) is 10.4. The average Bonchev–Trinajstić information content (AvgIpc) is 2.03. The van der Waals surface area contributed by atoms with Crippen LogP contribution in [0.5, 0.6) is 0 Å². The van der Waals surface area contributed by atoms with E-state index in [1.807, 2.05) is 19.9 Å². The Balaban J connectivity index is 3.81. The van der Waals surface area contributed by atoms with Crippen LogP contribution in [0.15, 0.2) is 11.6 Å². The van der Waals surface area contributed by atoms with E-state index in [0.29, 0.717) is 5.78 Å². The van der Waals surface area contributed by atoms with Gasteiger partial charge >= 0.3 is 0 Å². The molecule has 0 saturated carbocycles. The van der Waals surface area contributed by atoms with Gasteiger partial charge in [0.25, 0.3) is 0 Å². The molecule has 1 heteroatoms. The highest BCUT2D eigenvalue weighted by atomic mass is 16.1. The maximum Gasteiger partial charge on any atom is 0.158 e. The molecule has 0 unspecified atom stereocenters. The zero-order valence-electron chi connectivity index (χ0n) is 7.81. The van der Waals surface area contributed by atoms with Crippen molar-refractivity contribution in [2.75, 3.05) is 0 Å². The molecule has 0 N–H and O–H groups in total. The maximum atomic E-state index is 11.3. The van der Waals surface area contributed by atoms with Crippen molar-refractivity contribution in [3.05, 3.63) is 11.6 Å². The molecule has 0 spiro atoms. The van der Waals surface area contributed by atoms with Crippen LogP contribution in [0.2, 0.25) is 0 Å². The molecule has 0 aliphatic carbocycles. The van der Waals surface area contributed by atoms with E-state index < -0.39 is 0 Å². The predicted octanol–water partition coefficient (Wildman–Crippen LogP) is 3.10. The van der Waals surface area contributed by atoms with Gasteiger partial charge < -0.3 is 0 Å². The van der Waals surface area contributed by atoms with Crippen LogP contribution in [0.25, 0.3) is 0 Å². The Morgan fingerprint density at radius 3 is 2.36 bits per heavy atom. The van der Waals surface area contributed by atoms with Crippen molar-refractivity contribution in [3.63, 3.8) is 0 Å². The average molecular weight is 154 g/mol. The predicted molar refractivity (Wildman–Crippen MR) is 48.6 cm³/mol. The molecule has 0 aromatic heterocycles. The number of hydrogen-bond donors (Lipinski definition) is 0. The molecule has 64 valence electrons. The summed E-state index contributed by atoms with van der Waals surface area (Å²) in [4.78, 5) is 11.3. The fraction of sp³-hybridized carbons (Fsp3) is 0.700. The number of rotatable bonds is 5. The molecule has 0 aliphatic rings. The van der Waals surface area contributed by atoms with Gasteiger partial charge in [-0.05, 0) is 25.3 Å². The SMILES string of the molecule is CC=C(CC)C(=O)CCCC. The monoisotopic (exact) mass is 154 g/mol. The Kier molecular flexibility index (Phi) is 5.81. The van der Waals surface area contributed by atoms with Crippen LogP contribution in [-0.2, 0) is 4.79 Å². The number of Topliss-reactive ketones (excluding diaryl/α,β-unsaturated/α-hetero) is 1. The summed E-state index contributed by atoms with van der Waals surface area (Å²) in [6, 6.07) is 0. The van der Waals surface area contributed by atoms with Crippen molar-refractivity contribution in [2.45, 2.75) is 46.5 Å². The molecule has 0 amide bonds. The fourth-order valence-corrected chi connectivity index (χ4v) is 1.06. The second kappa shape index (κ2) is 6.14. The Hall–Kier alpha value is -0.590. The minimum atomic E-state index is 0.330. The summed E-state index contributed by atoms with van der Waals surface area (Å²) in [6.45, 7) is 6.07. The van der Waals surface area contributed by atoms with E-state index in [1.54, 1.807) is 0 Å². The molecule has 0 radical (unpaired) electrons. The molecular formula is C10H18O. The topological polar surface area (TPSA) is 17.1 Å². The second-order valence-corrected chi connectivity index (χ2v) is 2.69. The lowest BCUT2D eigenvalue weighted by atomic mass is 10.0. The number of ketones is 1. The zero-order chi connectivity index (χ0) is 8.69. The van der Waals surface area contributed by atoms with E-state index in [1.165, 1.54) is 0 Å². The zero-order valence-corrected chi connectivity index (χ0v) is 7.81. The molecule has 0 aliphatic heterocycles.